The molecule has 3 aliphatic rings. The normalized spacial score (nSPS) is 25.4. The third-order valence-corrected chi connectivity index (χ3v) is 7.79. The van der Waals surface area contributed by atoms with E-state index < -0.39 is 6.17 Å². The predicted molar refractivity (Wildman–Crippen MR) is 138 cm³/mol. The number of methoxy groups -OCH3 is 1. The summed E-state index contributed by atoms with van der Waals surface area (Å²) in [6, 6.07) is 6.36. The molecule has 1 aromatic carbocycles. The summed E-state index contributed by atoms with van der Waals surface area (Å²) in [5, 5.41) is 5.80. The van der Waals surface area contributed by atoms with Crippen LogP contribution in [0.25, 0.3) is 16.7 Å². The molecule has 3 atom stereocenters. The van der Waals surface area contributed by atoms with Crippen LogP contribution < -0.4 is 9.64 Å². The molecule has 3 unspecified atom stereocenters. The van der Waals surface area contributed by atoms with Crippen LogP contribution in [0.2, 0.25) is 0 Å². The molecule has 2 aromatic heterocycles. The summed E-state index contributed by atoms with van der Waals surface area (Å²) in [5.74, 6) is 1.30. The first-order chi connectivity index (χ1) is 18.0. The minimum Gasteiger partial charge on any atom is -0.467 e. The van der Waals surface area contributed by atoms with Crippen molar-refractivity contribution in [1.82, 2.24) is 24.6 Å². The van der Waals surface area contributed by atoms with Crippen LogP contribution in [0.5, 0.6) is 6.01 Å². The Morgan fingerprint density at radius 3 is 2.65 bits per heavy atom. The summed E-state index contributed by atoms with van der Waals surface area (Å²) >= 11 is 0. The van der Waals surface area contributed by atoms with E-state index in [4.69, 9.17) is 19.3 Å². The largest absolute Gasteiger partial charge is 0.467 e. The number of ether oxygens (including phenoxy) is 3. The van der Waals surface area contributed by atoms with Crippen LogP contribution >= 0.6 is 0 Å². The van der Waals surface area contributed by atoms with E-state index in [-0.39, 0.29) is 24.3 Å². The molecular formula is C27H35FN6O3. The van der Waals surface area contributed by atoms with Crippen LogP contribution in [0.3, 0.4) is 0 Å². The highest BCUT2D eigenvalue weighted by atomic mass is 19.1. The molecule has 0 spiro atoms. The number of likely N-dealkylation sites (tertiary alicyclic amines) is 1. The fourth-order valence-electron chi connectivity index (χ4n) is 5.64. The Morgan fingerprint density at radius 2 is 1.89 bits per heavy atom. The Kier molecular flexibility index (Phi) is 6.73. The van der Waals surface area contributed by atoms with Gasteiger partial charge in [0.2, 0.25) is 0 Å². The molecule has 37 heavy (non-hydrogen) atoms. The number of rotatable bonds is 6. The average molecular weight is 511 g/mol. The number of aromatic nitrogens is 4. The van der Waals surface area contributed by atoms with Gasteiger partial charge in [0.1, 0.15) is 12.0 Å². The molecule has 3 aliphatic heterocycles. The number of nitrogens with zero attached hydrogens (tertiary/aromatic N) is 6. The lowest BCUT2D eigenvalue weighted by Crippen LogP contribution is -2.54. The summed E-state index contributed by atoms with van der Waals surface area (Å²) in [7, 11) is 3.54. The molecule has 3 fully saturated rings. The van der Waals surface area contributed by atoms with Gasteiger partial charge in [0.25, 0.3) is 0 Å². The highest BCUT2D eigenvalue weighted by Gasteiger charge is 2.33. The second kappa shape index (κ2) is 10.2. The molecule has 0 bridgehead atoms. The van der Waals surface area contributed by atoms with Crippen molar-refractivity contribution in [3.63, 3.8) is 0 Å². The molecule has 0 amide bonds. The van der Waals surface area contributed by atoms with E-state index in [1.165, 1.54) is 0 Å². The maximum Gasteiger partial charge on any atom is 0.320 e. The highest BCUT2D eigenvalue weighted by molar-refractivity contribution is 5.80. The lowest BCUT2D eigenvalue weighted by Gasteiger charge is -2.41. The van der Waals surface area contributed by atoms with Crippen molar-refractivity contribution >= 4 is 16.7 Å². The van der Waals surface area contributed by atoms with Gasteiger partial charge < -0.3 is 24.0 Å². The minimum absolute atomic E-state index is 0.0940. The molecule has 0 saturated carbocycles. The van der Waals surface area contributed by atoms with Gasteiger partial charge in [0.05, 0.1) is 18.7 Å². The van der Waals surface area contributed by atoms with Crippen LogP contribution in [0.1, 0.15) is 42.7 Å². The van der Waals surface area contributed by atoms with Crippen molar-refractivity contribution in [1.29, 1.82) is 0 Å². The second-order valence-corrected chi connectivity index (χ2v) is 10.5. The molecule has 0 radical (unpaired) electrons. The number of alkyl halides is 1. The van der Waals surface area contributed by atoms with Gasteiger partial charge in [0, 0.05) is 49.8 Å². The molecule has 198 valence electrons. The Hall–Kier alpha value is -2.82. The topological polar surface area (TPSA) is 77.8 Å². The van der Waals surface area contributed by atoms with Gasteiger partial charge in [-0.05, 0) is 69.5 Å². The van der Waals surface area contributed by atoms with Crippen molar-refractivity contribution < 1.29 is 18.6 Å². The lowest BCUT2D eigenvalue weighted by molar-refractivity contribution is -0.191. The smallest absolute Gasteiger partial charge is 0.320 e. The number of fused-ring (bicyclic) bond motifs is 1. The van der Waals surface area contributed by atoms with Crippen molar-refractivity contribution in [3.8, 4) is 11.8 Å². The number of halogens is 1. The summed E-state index contributed by atoms with van der Waals surface area (Å²) < 4.78 is 33.9. The van der Waals surface area contributed by atoms with Crippen LogP contribution in [0, 0.1) is 6.92 Å². The zero-order chi connectivity index (χ0) is 25.5. The van der Waals surface area contributed by atoms with E-state index in [0.29, 0.717) is 12.4 Å². The Morgan fingerprint density at radius 1 is 1.05 bits per heavy atom. The first-order valence-electron chi connectivity index (χ1n) is 13.2. The van der Waals surface area contributed by atoms with Crippen LogP contribution in [0.4, 0.5) is 10.2 Å². The zero-order valence-corrected chi connectivity index (χ0v) is 21.8. The van der Waals surface area contributed by atoms with Gasteiger partial charge in [-0.25, -0.2) is 9.07 Å². The van der Waals surface area contributed by atoms with E-state index in [1.807, 2.05) is 25.4 Å². The predicted octanol–water partition coefficient (Wildman–Crippen LogP) is 3.62. The van der Waals surface area contributed by atoms with Gasteiger partial charge in [-0.15, -0.1) is 0 Å². The van der Waals surface area contributed by atoms with Crippen molar-refractivity contribution in [2.75, 3.05) is 51.8 Å². The lowest BCUT2D eigenvalue weighted by atomic mass is 9.85. The fraction of sp³-hybridized carbons (Fsp3) is 0.593. The zero-order valence-electron chi connectivity index (χ0n) is 21.8. The summed E-state index contributed by atoms with van der Waals surface area (Å²) in [5.41, 5.74) is 2.97. The van der Waals surface area contributed by atoms with Crippen molar-refractivity contribution in [3.05, 3.63) is 35.5 Å². The first kappa shape index (κ1) is 24.5. The van der Waals surface area contributed by atoms with Crippen molar-refractivity contribution in [2.45, 2.75) is 57.1 Å². The fourth-order valence-corrected chi connectivity index (χ4v) is 5.64. The number of piperidine rings is 1. The van der Waals surface area contributed by atoms with E-state index in [1.54, 1.807) is 11.8 Å². The van der Waals surface area contributed by atoms with Gasteiger partial charge in [0.15, 0.2) is 12.1 Å². The average Bonchev–Trinajstić information content (AvgIpc) is 3.29. The molecule has 0 N–H and O–H groups in total. The molecule has 3 aromatic rings. The van der Waals surface area contributed by atoms with Crippen LogP contribution in [0.15, 0.2) is 24.4 Å². The second-order valence-electron chi connectivity index (χ2n) is 10.5. The number of anilines is 1. The van der Waals surface area contributed by atoms with E-state index in [0.717, 1.165) is 79.8 Å². The van der Waals surface area contributed by atoms with Crippen molar-refractivity contribution in [2.24, 2.45) is 0 Å². The molecule has 5 heterocycles. The Labute approximate surface area is 216 Å². The summed E-state index contributed by atoms with van der Waals surface area (Å²) in [6.07, 6.45) is 5.15. The minimum atomic E-state index is -0.875. The van der Waals surface area contributed by atoms with Gasteiger partial charge in [-0.3, -0.25) is 0 Å². The third kappa shape index (κ3) is 5.02. The van der Waals surface area contributed by atoms with E-state index in [9.17, 15) is 4.39 Å². The molecule has 3 saturated heterocycles. The van der Waals surface area contributed by atoms with Crippen LogP contribution in [-0.4, -0.2) is 90.2 Å². The van der Waals surface area contributed by atoms with Gasteiger partial charge >= 0.3 is 6.01 Å². The molecule has 0 aliphatic carbocycles. The molecule has 6 rings (SSSR count). The summed E-state index contributed by atoms with van der Waals surface area (Å²) in [4.78, 5) is 13.3. The maximum absolute atomic E-state index is 14.9. The SMILES string of the molecule is COc1nc(N2CC(OC3CCCCO3)C2)cc(-n2cc3cc(C)c(C4CCN(C)CC4F)cc3n2)n1. The standard InChI is InChI=1S/C27H35FN6O3/c1-17-10-18-13-34(31-23(18)11-21(17)20-7-8-32(2)16-22(20)28)25-12-24(29-27(30-25)35-3)33-14-19(15-33)37-26-6-4-5-9-36-26/h10-13,19-20,22,26H,4-9,14-16H2,1-3H3. The van der Waals surface area contributed by atoms with Gasteiger partial charge in [-0.2, -0.15) is 15.1 Å². The monoisotopic (exact) mass is 510 g/mol. The number of benzene rings is 1. The number of hydrogen-bond acceptors (Lipinski definition) is 8. The molecular weight excluding hydrogens is 475 g/mol. The number of hydrogen-bond donors (Lipinski definition) is 0. The third-order valence-electron chi connectivity index (χ3n) is 7.79. The molecule has 10 heteroatoms. The molecule has 9 nitrogen and oxygen atoms in total. The number of aryl methyl sites for hydroxylation is 1. The van der Waals surface area contributed by atoms with E-state index >= 15 is 0 Å². The maximum atomic E-state index is 14.9. The van der Waals surface area contributed by atoms with Crippen LogP contribution in [-0.2, 0) is 9.47 Å². The van der Waals surface area contributed by atoms with Gasteiger partial charge in [-0.1, -0.05) is 0 Å². The Bertz CT molecular complexity index is 1260. The Balaban J connectivity index is 1.22. The quantitative estimate of drug-likeness (QED) is 0.498. The highest BCUT2D eigenvalue weighted by Crippen LogP contribution is 2.34. The first-order valence-corrected chi connectivity index (χ1v) is 13.2. The van der Waals surface area contributed by atoms with E-state index in [2.05, 4.69) is 32.8 Å². The summed E-state index contributed by atoms with van der Waals surface area (Å²) in [6.45, 7) is 5.68.